The van der Waals surface area contributed by atoms with Gasteiger partial charge in [0.25, 0.3) is 5.91 Å². The topological polar surface area (TPSA) is 116 Å². The van der Waals surface area contributed by atoms with Gasteiger partial charge in [-0.15, -0.1) is 0 Å². The van der Waals surface area contributed by atoms with Crippen molar-refractivity contribution in [1.29, 1.82) is 0 Å². The van der Waals surface area contributed by atoms with E-state index in [0.717, 1.165) is 0 Å². The van der Waals surface area contributed by atoms with Crippen molar-refractivity contribution in [1.82, 2.24) is 15.1 Å². The van der Waals surface area contributed by atoms with Crippen LogP contribution in [0.25, 0.3) is 0 Å². The van der Waals surface area contributed by atoms with E-state index in [0.29, 0.717) is 17.1 Å². The van der Waals surface area contributed by atoms with E-state index in [1.165, 1.54) is 18.5 Å². The molecule has 4 aromatic rings. The number of rotatable bonds is 7. The number of carbonyl (C=O) groups excluding carboxylic acids is 2. The lowest BCUT2D eigenvalue weighted by Crippen LogP contribution is -2.26. The Hall–Kier alpha value is -4.53. The van der Waals surface area contributed by atoms with Gasteiger partial charge in [-0.25, -0.2) is 9.78 Å². The summed E-state index contributed by atoms with van der Waals surface area (Å²) < 4.78 is 16.2. The fourth-order valence-corrected chi connectivity index (χ4v) is 2.83. The Labute approximate surface area is 183 Å². The predicted molar refractivity (Wildman–Crippen MR) is 113 cm³/mol. The Morgan fingerprint density at radius 3 is 2.56 bits per heavy atom. The molecule has 0 bridgehead atoms. The zero-order valence-corrected chi connectivity index (χ0v) is 17.0. The first-order valence-electron chi connectivity index (χ1n) is 9.63. The van der Waals surface area contributed by atoms with Gasteiger partial charge in [-0.3, -0.25) is 9.78 Å². The molecule has 0 saturated carbocycles. The Balaban J connectivity index is 1.58. The Kier molecular flexibility index (Phi) is 6.17. The maximum absolute atomic E-state index is 13.0. The molecule has 1 N–H and O–H groups in total. The van der Waals surface area contributed by atoms with Crippen molar-refractivity contribution in [3.05, 3.63) is 96.1 Å². The lowest BCUT2D eigenvalue weighted by molar-refractivity contribution is -0.125. The summed E-state index contributed by atoms with van der Waals surface area (Å²) in [6, 6.07) is 16.6. The van der Waals surface area contributed by atoms with Crippen LogP contribution in [0, 0.1) is 6.92 Å². The maximum Gasteiger partial charge on any atom is 0.344 e. The first-order chi connectivity index (χ1) is 15.6. The molecule has 0 aliphatic carbocycles. The number of carbonyl (C=O) groups is 2. The van der Waals surface area contributed by atoms with Crippen LogP contribution in [0.1, 0.15) is 27.8 Å². The van der Waals surface area contributed by atoms with Gasteiger partial charge in [-0.05, 0) is 31.2 Å². The predicted octanol–water partition coefficient (Wildman–Crippen LogP) is 4.10. The summed E-state index contributed by atoms with van der Waals surface area (Å²) in [6.45, 7) is 1.70. The van der Waals surface area contributed by atoms with Gasteiger partial charge in [-0.2, -0.15) is 0 Å². The molecule has 0 fully saturated rings. The molecular formula is C23H18N4O5. The highest BCUT2D eigenvalue weighted by molar-refractivity contribution is 5.98. The van der Waals surface area contributed by atoms with Gasteiger partial charge in [0, 0.05) is 24.0 Å². The Bertz CT molecular complexity index is 1210. The number of esters is 1. The third-order valence-corrected chi connectivity index (χ3v) is 4.28. The van der Waals surface area contributed by atoms with Crippen molar-refractivity contribution in [3.63, 3.8) is 0 Å². The van der Waals surface area contributed by atoms with E-state index in [1.54, 1.807) is 67.7 Å². The number of hydrogen-bond acceptors (Lipinski definition) is 8. The van der Waals surface area contributed by atoms with Crippen LogP contribution in [0.5, 0.6) is 11.6 Å². The monoisotopic (exact) mass is 430 g/mol. The standard InChI is InChI=1S/C23H18N4O5/c1-15-13-19(27-32-15)26-21(28)20(16-7-3-2-4-8-16)31-23(29)18-10-6-12-25-22(18)30-17-9-5-11-24-14-17/h2-14,20H,1H3,(H,26,27,28). The van der Waals surface area contributed by atoms with Gasteiger partial charge in [0.15, 0.2) is 5.82 Å². The highest BCUT2D eigenvalue weighted by atomic mass is 16.6. The van der Waals surface area contributed by atoms with Crippen LogP contribution in [0.4, 0.5) is 5.82 Å². The number of aryl methyl sites for hydroxylation is 1. The molecule has 1 amide bonds. The molecule has 0 aliphatic heterocycles. The van der Waals surface area contributed by atoms with E-state index >= 15 is 0 Å². The third-order valence-electron chi connectivity index (χ3n) is 4.28. The van der Waals surface area contributed by atoms with Crippen molar-refractivity contribution in [3.8, 4) is 11.6 Å². The van der Waals surface area contributed by atoms with Gasteiger partial charge in [0.05, 0.1) is 6.20 Å². The number of aromatic nitrogens is 3. The minimum atomic E-state index is -1.24. The van der Waals surface area contributed by atoms with Crippen molar-refractivity contribution in [2.75, 3.05) is 5.32 Å². The summed E-state index contributed by atoms with van der Waals surface area (Å²) in [5, 5.41) is 6.34. The van der Waals surface area contributed by atoms with Crippen LogP contribution < -0.4 is 10.1 Å². The lowest BCUT2D eigenvalue weighted by atomic mass is 10.1. The highest BCUT2D eigenvalue weighted by Gasteiger charge is 2.28. The van der Waals surface area contributed by atoms with Crippen LogP contribution in [-0.2, 0) is 9.53 Å². The molecule has 0 saturated heterocycles. The van der Waals surface area contributed by atoms with E-state index in [-0.39, 0.29) is 17.3 Å². The quantitative estimate of drug-likeness (QED) is 0.436. The second-order valence-electron chi connectivity index (χ2n) is 6.65. The SMILES string of the molecule is Cc1cc(NC(=O)C(OC(=O)c2cccnc2Oc2cccnc2)c2ccccc2)no1. The average Bonchev–Trinajstić information content (AvgIpc) is 3.23. The van der Waals surface area contributed by atoms with Crippen LogP contribution in [0.15, 0.2) is 83.8 Å². The average molecular weight is 430 g/mol. The molecule has 3 aromatic heterocycles. The number of nitrogens with one attached hydrogen (secondary N) is 1. The molecule has 160 valence electrons. The Morgan fingerprint density at radius 2 is 1.84 bits per heavy atom. The number of nitrogens with zero attached hydrogens (tertiary/aromatic N) is 3. The maximum atomic E-state index is 13.0. The van der Waals surface area contributed by atoms with E-state index in [9.17, 15) is 9.59 Å². The number of hydrogen-bond donors (Lipinski definition) is 1. The third kappa shape index (κ3) is 4.96. The first kappa shape index (κ1) is 20.7. The van der Waals surface area contributed by atoms with Crippen molar-refractivity contribution in [2.24, 2.45) is 0 Å². The minimum absolute atomic E-state index is 0.0323. The second kappa shape index (κ2) is 9.52. The molecule has 3 heterocycles. The number of anilines is 1. The zero-order chi connectivity index (χ0) is 22.3. The molecule has 9 nitrogen and oxygen atoms in total. The summed E-state index contributed by atoms with van der Waals surface area (Å²) in [4.78, 5) is 34.1. The smallest absolute Gasteiger partial charge is 0.344 e. The molecule has 1 atom stereocenters. The normalized spacial score (nSPS) is 11.4. The summed E-state index contributed by atoms with van der Waals surface area (Å²) >= 11 is 0. The van der Waals surface area contributed by atoms with Crippen molar-refractivity contribution >= 4 is 17.7 Å². The number of pyridine rings is 2. The largest absolute Gasteiger partial charge is 0.444 e. The number of ether oxygens (including phenoxy) is 2. The van der Waals surface area contributed by atoms with Gasteiger partial charge in [0.2, 0.25) is 12.0 Å². The fraction of sp³-hybridized carbons (Fsp3) is 0.0870. The van der Waals surface area contributed by atoms with Crippen LogP contribution in [0.2, 0.25) is 0 Å². The summed E-state index contributed by atoms with van der Waals surface area (Å²) in [6.07, 6.45) is 3.33. The molecule has 0 aliphatic rings. The summed E-state index contributed by atoms with van der Waals surface area (Å²) in [7, 11) is 0. The molecule has 1 aromatic carbocycles. The first-order valence-corrected chi connectivity index (χ1v) is 9.63. The van der Waals surface area contributed by atoms with Crippen LogP contribution in [-0.4, -0.2) is 27.0 Å². The van der Waals surface area contributed by atoms with Gasteiger partial charge >= 0.3 is 5.97 Å². The van der Waals surface area contributed by atoms with E-state index in [1.807, 2.05) is 0 Å². The minimum Gasteiger partial charge on any atom is -0.444 e. The molecular weight excluding hydrogens is 412 g/mol. The Morgan fingerprint density at radius 1 is 1.03 bits per heavy atom. The summed E-state index contributed by atoms with van der Waals surface area (Å²) in [5.74, 6) is -0.190. The molecule has 0 spiro atoms. The second-order valence-corrected chi connectivity index (χ2v) is 6.65. The van der Waals surface area contributed by atoms with Crippen molar-refractivity contribution < 1.29 is 23.6 Å². The van der Waals surface area contributed by atoms with E-state index in [2.05, 4.69) is 20.4 Å². The molecule has 1 unspecified atom stereocenters. The zero-order valence-electron chi connectivity index (χ0n) is 17.0. The molecule has 9 heteroatoms. The summed E-state index contributed by atoms with van der Waals surface area (Å²) in [5.41, 5.74) is 0.541. The van der Waals surface area contributed by atoms with Gasteiger partial charge in [0.1, 0.15) is 17.1 Å². The highest BCUT2D eigenvalue weighted by Crippen LogP contribution is 2.26. The van der Waals surface area contributed by atoms with Gasteiger partial charge in [-0.1, -0.05) is 35.5 Å². The van der Waals surface area contributed by atoms with E-state index in [4.69, 9.17) is 14.0 Å². The van der Waals surface area contributed by atoms with Crippen LogP contribution in [0.3, 0.4) is 0 Å². The lowest BCUT2D eigenvalue weighted by Gasteiger charge is -2.18. The molecule has 0 radical (unpaired) electrons. The molecule has 32 heavy (non-hydrogen) atoms. The van der Waals surface area contributed by atoms with Crippen LogP contribution >= 0.6 is 0 Å². The van der Waals surface area contributed by atoms with Crippen molar-refractivity contribution in [2.45, 2.75) is 13.0 Å². The van der Waals surface area contributed by atoms with Gasteiger partial charge < -0.3 is 19.3 Å². The number of benzene rings is 1. The van der Waals surface area contributed by atoms with E-state index < -0.39 is 18.0 Å². The molecule has 4 rings (SSSR count). The number of amides is 1. The fourth-order valence-electron chi connectivity index (χ4n) is 2.83.